The summed E-state index contributed by atoms with van der Waals surface area (Å²) in [5.41, 5.74) is 2.51. The van der Waals surface area contributed by atoms with Gasteiger partial charge in [0, 0.05) is 17.6 Å². The molecule has 0 fully saturated rings. The fourth-order valence-electron chi connectivity index (χ4n) is 2.22. The Bertz CT molecular complexity index is 973. The highest BCUT2D eigenvalue weighted by Crippen LogP contribution is 2.21. The topological polar surface area (TPSA) is 55.3 Å². The molecule has 0 aliphatic heterocycles. The molecular weight excluding hydrogens is 344 g/mol. The van der Waals surface area contributed by atoms with Crippen LogP contribution in [0.2, 0.25) is 5.02 Å². The van der Waals surface area contributed by atoms with E-state index in [0.29, 0.717) is 15.6 Å². The fourth-order valence-corrected chi connectivity index (χ4v) is 2.52. The molecule has 0 saturated carbocycles. The van der Waals surface area contributed by atoms with Crippen LogP contribution in [0.15, 0.2) is 47.6 Å². The average molecular weight is 359 g/mol. The minimum Gasteiger partial charge on any atom is -0.508 e. The minimum absolute atomic E-state index is 0.256. The largest absolute Gasteiger partial charge is 0.508 e. The van der Waals surface area contributed by atoms with Crippen molar-refractivity contribution in [1.29, 1.82) is 0 Å². The smallest absolute Gasteiger partial charge is 0.219 e. The van der Waals surface area contributed by atoms with Crippen LogP contribution in [0.3, 0.4) is 0 Å². The average Bonchev–Trinajstić information content (AvgIpc) is 2.84. The molecular formula is C17H15ClN4OS. The highest BCUT2D eigenvalue weighted by Gasteiger charge is 2.10. The highest BCUT2D eigenvalue weighted by molar-refractivity contribution is 7.71. The summed E-state index contributed by atoms with van der Waals surface area (Å²) < 4.78 is 3.67. The van der Waals surface area contributed by atoms with Gasteiger partial charge in [0.1, 0.15) is 5.75 Å². The van der Waals surface area contributed by atoms with E-state index in [9.17, 15) is 5.11 Å². The van der Waals surface area contributed by atoms with Gasteiger partial charge in [-0.05, 0) is 72.7 Å². The number of hydrogen-bond donors (Lipinski definition) is 1. The zero-order valence-corrected chi connectivity index (χ0v) is 14.7. The zero-order valence-electron chi connectivity index (χ0n) is 13.1. The predicted octanol–water partition coefficient (Wildman–Crippen LogP) is 4.17. The molecule has 3 aromatic rings. The SMILES string of the molecule is Cc1cc(/C=N/n2c(-c3ccc(Cl)cc3)nn(C)c2=S)ccc1O. The molecule has 0 bridgehead atoms. The van der Waals surface area contributed by atoms with Crippen LogP contribution in [0.4, 0.5) is 0 Å². The summed E-state index contributed by atoms with van der Waals surface area (Å²) >= 11 is 11.3. The molecule has 122 valence electrons. The number of halogens is 1. The van der Waals surface area contributed by atoms with E-state index in [1.807, 2.05) is 25.1 Å². The first kappa shape index (κ1) is 16.4. The quantitative estimate of drug-likeness (QED) is 0.564. The molecule has 2 aromatic carbocycles. The van der Waals surface area contributed by atoms with Crippen molar-refractivity contribution in [3.05, 3.63) is 63.4 Å². The molecule has 0 spiro atoms. The van der Waals surface area contributed by atoms with Crippen LogP contribution in [0.25, 0.3) is 11.4 Å². The second kappa shape index (κ2) is 6.59. The number of phenolic OH excluding ortho intramolecular Hbond substituents is 1. The lowest BCUT2D eigenvalue weighted by atomic mass is 10.1. The number of aromatic hydroxyl groups is 1. The Labute approximate surface area is 149 Å². The summed E-state index contributed by atoms with van der Waals surface area (Å²) in [7, 11) is 1.78. The van der Waals surface area contributed by atoms with E-state index in [0.717, 1.165) is 16.7 Å². The van der Waals surface area contributed by atoms with Crippen LogP contribution >= 0.6 is 23.8 Å². The van der Waals surface area contributed by atoms with E-state index in [1.165, 1.54) is 0 Å². The Morgan fingerprint density at radius 3 is 2.58 bits per heavy atom. The molecule has 1 aromatic heterocycles. The Hall–Kier alpha value is -2.44. The summed E-state index contributed by atoms with van der Waals surface area (Å²) in [5, 5.41) is 19.1. The van der Waals surface area contributed by atoms with Crippen molar-refractivity contribution in [3.8, 4) is 17.1 Å². The summed E-state index contributed by atoms with van der Waals surface area (Å²) in [6, 6.07) is 12.6. The van der Waals surface area contributed by atoms with Gasteiger partial charge in [-0.2, -0.15) is 9.78 Å². The molecule has 0 atom stereocenters. The van der Waals surface area contributed by atoms with Gasteiger partial charge >= 0.3 is 0 Å². The first-order chi connectivity index (χ1) is 11.5. The third-order valence-electron chi connectivity index (χ3n) is 3.55. The normalized spacial score (nSPS) is 11.3. The van der Waals surface area contributed by atoms with Crippen molar-refractivity contribution in [2.24, 2.45) is 12.1 Å². The third kappa shape index (κ3) is 3.25. The Morgan fingerprint density at radius 1 is 1.21 bits per heavy atom. The molecule has 0 unspecified atom stereocenters. The van der Waals surface area contributed by atoms with Crippen molar-refractivity contribution >= 4 is 30.0 Å². The molecule has 0 amide bonds. The Morgan fingerprint density at radius 2 is 1.92 bits per heavy atom. The second-order valence-electron chi connectivity index (χ2n) is 5.34. The maximum Gasteiger partial charge on any atom is 0.219 e. The van der Waals surface area contributed by atoms with Gasteiger partial charge in [0.15, 0.2) is 5.82 Å². The second-order valence-corrected chi connectivity index (χ2v) is 6.14. The van der Waals surface area contributed by atoms with Gasteiger partial charge in [0.2, 0.25) is 4.77 Å². The number of nitrogens with zero attached hydrogens (tertiary/aromatic N) is 4. The molecule has 3 rings (SSSR count). The number of aromatic nitrogens is 3. The maximum atomic E-state index is 9.60. The maximum absolute atomic E-state index is 9.60. The number of rotatable bonds is 3. The van der Waals surface area contributed by atoms with E-state index in [4.69, 9.17) is 23.8 Å². The molecule has 24 heavy (non-hydrogen) atoms. The Balaban J connectivity index is 2.04. The van der Waals surface area contributed by atoms with Gasteiger partial charge in [0.25, 0.3) is 0 Å². The van der Waals surface area contributed by atoms with Gasteiger partial charge in [-0.25, -0.2) is 4.68 Å². The standard InChI is InChI=1S/C17H15ClN4OS/c1-11-9-12(3-8-15(11)23)10-19-22-16(20-21(2)17(22)24)13-4-6-14(18)7-5-13/h3-10,23H,1-2H3/b19-10+. The molecule has 7 heteroatoms. The molecule has 0 radical (unpaired) electrons. The van der Waals surface area contributed by atoms with Gasteiger partial charge in [-0.15, -0.1) is 5.10 Å². The summed E-state index contributed by atoms with van der Waals surface area (Å²) in [5.74, 6) is 0.887. The van der Waals surface area contributed by atoms with Gasteiger partial charge < -0.3 is 5.11 Å². The van der Waals surface area contributed by atoms with Crippen molar-refractivity contribution in [2.45, 2.75) is 6.92 Å². The van der Waals surface area contributed by atoms with E-state index >= 15 is 0 Å². The van der Waals surface area contributed by atoms with Crippen LogP contribution in [-0.2, 0) is 7.05 Å². The van der Waals surface area contributed by atoms with E-state index in [1.54, 1.807) is 46.9 Å². The summed E-state index contributed by atoms with van der Waals surface area (Å²) in [4.78, 5) is 0. The van der Waals surface area contributed by atoms with E-state index < -0.39 is 0 Å². The highest BCUT2D eigenvalue weighted by atomic mass is 35.5. The Kier molecular flexibility index (Phi) is 4.51. The third-order valence-corrected chi connectivity index (χ3v) is 4.24. The number of hydrogen-bond acceptors (Lipinski definition) is 4. The lowest BCUT2D eigenvalue weighted by Crippen LogP contribution is -1.95. The van der Waals surface area contributed by atoms with Gasteiger partial charge in [-0.1, -0.05) is 11.6 Å². The monoisotopic (exact) mass is 358 g/mol. The van der Waals surface area contributed by atoms with Crippen LogP contribution < -0.4 is 0 Å². The van der Waals surface area contributed by atoms with Crippen LogP contribution in [0.1, 0.15) is 11.1 Å². The van der Waals surface area contributed by atoms with Crippen LogP contribution in [-0.4, -0.2) is 25.8 Å². The molecule has 1 N–H and O–H groups in total. The summed E-state index contributed by atoms with van der Waals surface area (Å²) in [6.45, 7) is 1.83. The van der Waals surface area contributed by atoms with Gasteiger partial charge in [-0.3, -0.25) is 0 Å². The first-order valence-electron chi connectivity index (χ1n) is 7.21. The lowest BCUT2D eigenvalue weighted by molar-refractivity contribution is 0.471. The van der Waals surface area contributed by atoms with Crippen molar-refractivity contribution in [2.75, 3.05) is 0 Å². The van der Waals surface area contributed by atoms with Crippen LogP contribution in [0.5, 0.6) is 5.75 Å². The molecule has 0 aliphatic carbocycles. The number of benzene rings is 2. The van der Waals surface area contributed by atoms with Crippen LogP contribution in [0, 0.1) is 11.7 Å². The molecule has 5 nitrogen and oxygen atoms in total. The predicted molar refractivity (Wildman–Crippen MR) is 98.3 cm³/mol. The van der Waals surface area contributed by atoms with E-state index in [2.05, 4.69) is 10.2 Å². The molecule has 0 saturated heterocycles. The summed E-state index contributed by atoms with van der Waals surface area (Å²) in [6.07, 6.45) is 1.68. The molecule has 0 aliphatic rings. The van der Waals surface area contributed by atoms with Crippen molar-refractivity contribution in [3.63, 3.8) is 0 Å². The minimum atomic E-state index is 0.256. The van der Waals surface area contributed by atoms with Crippen molar-refractivity contribution < 1.29 is 5.11 Å². The number of aryl methyl sites for hydroxylation is 2. The first-order valence-corrected chi connectivity index (χ1v) is 8.00. The van der Waals surface area contributed by atoms with Crippen molar-refractivity contribution in [1.82, 2.24) is 14.5 Å². The van der Waals surface area contributed by atoms with E-state index in [-0.39, 0.29) is 5.75 Å². The zero-order chi connectivity index (χ0) is 17.3. The number of phenols is 1. The lowest BCUT2D eigenvalue weighted by Gasteiger charge is -2.02. The van der Waals surface area contributed by atoms with Gasteiger partial charge in [0.05, 0.1) is 6.21 Å². The fraction of sp³-hybridized carbons (Fsp3) is 0.118. The molecule has 1 heterocycles.